The second kappa shape index (κ2) is 8.75. The van der Waals surface area contributed by atoms with Crippen molar-refractivity contribution < 1.29 is 18.4 Å². The van der Waals surface area contributed by atoms with Gasteiger partial charge in [0.25, 0.3) is 0 Å². The van der Waals surface area contributed by atoms with Gasteiger partial charge in [0.2, 0.25) is 15.9 Å². The van der Waals surface area contributed by atoms with Crippen molar-refractivity contribution in [3.63, 3.8) is 0 Å². The van der Waals surface area contributed by atoms with Crippen molar-refractivity contribution in [1.82, 2.24) is 15.1 Å². The lowest BCUT2D eigenvalue weighted by molar-refractivity contribution is -0.130. The fourth-order valence-corrected chi connectivity index (χ4v) is 5.06. The molecule has 1 heterocycles. The van der Waals surface area contributed by atoms with Crippen molar-refractivity contribution in [3.8, 4) is 0 Å². The summed E-state index contributed by atoms with van der Waals surface area (Å²) in [5.41, 5.74) is 3.68. The summed E-state index contributed by atoms with van der Waals surface area (Å²) in [4.78, 5) is 11.2. The highest BCUT2D eigenvalue weighted by Crippen LogP contribution is 2.28. The number of rotatable bonds is 7. The van der Waals surface area contributed by atoms with E-state index in [1.54, 1.807) is 16.7 Å². The first-order chi connectivity index (χ1) is 11.8. The highest BCUT2D eigenvalue weighted by atomic mass is 32.2. The van der Waals surface area contributed by atoms with E-state index in [2.05, 4.69) is 5.32 Å². The van der Waals surface area contributed by atoms with Crippen LogP contribution in [-0.2, 0) is 14.8 Å². The van der Waals surface area contributed by atoms with Gasteiger partial charge in [-0.1, -0.05) is 31.2 Å². The number of aryl methyl sites for hydroxylation is 1. The lowest BCUT2D eigenvalue weighted by Crippen LogP contribution is -2.49. The molecule has 1 unspecified atom stereocenters. The molecule has 1 aromatic carbocycles. The predicted molar refractivity (Wildman–Crippen MR) is 95.6 cm³/mol. The molecule has 0 radical (unpaired) electrons. The molecule has 0 aliphatic carbocycles. The van der Waals surface area contributed by atoms with Crippen molar-refractivity contribution in [1.29, 1.82) is 0 Å². The van der Waals surface area contributed by atoms with Gasteiger partial charge in [-0.2, -0.15) is 4.31 Å². The van der Waals surface area contributed by atoms with Crippen LogP contribution in [0.4, 0.5) is 0 Å². The zero-order valence-electron chi connectivity index (χ0n) is 14.7. The fourth-order valence-electron chi connectivity index (χ4n) is 3.18. The number of hydroxylamine groups is 1. The molecule has 3 N–H and O–H groups in total. The lowest BCUT2D eigenvalue weighted by atomic mass is 10.0. The molecule has 1 aromatic rings. The molecule has 2 atom stereocenters. The first-order valence-electron chi connectivity index (χ1n) is 8.54. The molecule has 8 heteroatoms. The molecule has 0 aromatic heterocycles. The van der Waals surface area contributed by atoms with Gasteiger partial charge in [0, 0.05) is 26.1 Å². The van der Waals surface area contributed by atoms with Gasteiger partial charge in [-0.15, -0.1) is 0 Å². The number of amides is 1. The van der Waals surface area contributed by atoms with E-state index in [-0.39, 0.29) is 24.1 Å². The highest BCUT2D eigenvalue weighted by Gasteiger charge is 2.33. The largest absolute Gasteiger partial charge is 0.313 e. The zero-order valence-corrected chi connectivity index (χ0v) is 15.6. The molecule has 1 amide bonds. The summed E-state index contributed by atoms with van der Waals surface area (Å²) >= 11 is 0. The number of nitrogens with zero attached hydrogens (tertiary/aromatic N) is 1. The molecule has 0 saturated carbocycles. The first kappa shape index (κ1) is 19.8. The van der Waals surface area contributed by atoms with Crippen LogP contribution in [0.1, 0.15) is 36.9 Å². The van der Waals surface area contributed by atoms with E-state index in [0.717, 1.165) is 11.1 Å². The van der Waals surface area contributed by atoms with Crippen LogP contribution in [0.5, 0.6) is 0 Å². The van der Waals surface area contributed by atoms with Crippen LogP contribution in [0, 0.1) is 12.8 Å². The van der Waals surface area contributed by atoms with Crippen LogP contribution in [0.25, 0.3) is 0 Å². The van der Waals surface area contributed by atoms with Crippen LogP contribution >= 0.6 is 0 Å². The molecule has 2 rings (SSSR count). The molecule has 7 nitrogen and oxygen atoms in total. The van der Waals surface area contributed by atoms with Gasteiger partial charge in [-0.3, -0.25) is 10.0 Å². The predicted octanol–water partition coefficient (Wildman–Crippen LogP) is 1.19. The van der Waals surface area contributed by atoms with E-state index in [9.17, 15) is 13.2 Å². The number of sulfonamides is 1. The second-order valence-corrected chi connectivity index (χ2v) is 8.68. The van der Waals surface area contributed by atoms with Crippen LogP contribution in [0.3, 0.4) is 0 Å². The number of hydrogen-bond acceptors (Lipinski definition) is 5. The lowest BCUT2D eigenvalue weighted by Gasteiger charge is -2.36. The number of carbonyl (C=O) groups excluding carboxylic acids is 1. The summed E-state index contributed by atoms with van der Waals surface area (Å²) < 4.78 is 27.4. The average Bonchev–Trinajstić information content (AvgIpc) is 2.60. The summed E-state index contributed by atoms with van der Waals surface area (Å²) in [5.74, 6) is -0.624. The maximum atomic E-state index is 12.9. The highest BCUT2D eigenvalue weighted by molar-refractivity contribution is 7.89. The number of benzene rings is 1. The summed E-state index contributed by atoms with van der Waals surface area (Å²) in [6.45, 7) is 5.45. The Kier molecular flexibility index (Phi) is 6.95. The number of nitrogens with one attached hydrogen (secondary N) is 2. The third-order valence-corrected chi connectivity index (χ3v) is 6.53. The SMILES string of the molecule is Cc1ccccc1[C@@H]1CNCCN1S(=O)(=O)CCC(C)CC(=O)NO. The number of hydrogen-bond donors (Lipinski definition) is 3. The molecule has 140 valence electrons. The van der Waals surface area contributed by atoms with E-state index in [0.29, 0.717) is 26.1 Å². The first-order valence-corrected chi connectivity index (χ1v) is 10.1. The molecule has 1 saturated heterocycles. The maximum absolute atomic E-state index is 12.9. The van der Waals surface area contributed by atoms with Gasteiger partial charge in [0.1, 0.15) is 0 Å². The van der Waals surface area contributed by atoms with Gasteiger partial charge in [0.15, 0.2) is 0 Å². The molecule has 25 heavy (non-hydrogen) atoms. The summed E-state index contributed by atoms with van der Waals surface area (Å²) in [6, 6.07) is 7.63. The van der Waals surface area contributed by atoms with E-state index in [1.807, 2.05) is 31.2 Å². The molecule has 1 fully saturated rings. The summed E-state index contributed by atoms with van der Waals surface area (Å²) in [7, 11) is -3.44. The standard InChI is InChI=1S/C17H27N3O4S/c1-13(11-17(21)19-22)7-10-25(23,24)20-9-8-18-12-16(20)15-6-4-3-5-14(15)2/h3-6,13,16,18,22H,7-12H2,1-2H3,(H,19,21)/t13?,16-/m0/s1. The number of piperazine rings is 1. The molecular formula is C17H27N3O4S. The Morgan fingerprint density at radius 1 is 1.44 bits per heavy atom. The molecular weight excluding hydrogens is 342 g/mol. The van der Waals surface area contributed by atoms with E-state index in [1.165, 1.54) is 0 Å². The maximum Gasteiger partial charge on any atom is 0.243 e. The van der Waals surface area contributed by atoms with Gasteiger partial charge in [-0.05, 0) is 30.4 Å². The van der Waals surface area contributed by atoms with Crippen LogP contribution < -0.4 is 10.8 Å². The fraction of sp³-hybridized carbons (Fsp3) is 0.588. The van der Waals surface area contributed by atoms with Gasteiger partial charge in [-0.25, -0.2) is 13.9 Å². The average molecular weight is 369 g/mol. The summed E-state index contributed by atoms with van der Waals surface area (Å²) in [6.07, 6.45) is 0.481. The van der Waals surface area contributed by atoms with E-state index < -0.39 is 15.9 Å². The van der Waals surface area contributed by atoms with Crippen molar-refractivity contribution in [3.05, 3.63) is 35.4 Å². The van der Waals surface area contributed by atoms with Gasteiger partial charge >= 0.3 is 0 Å². The van der Waals surface area contributed by atoms with Gasteiger partial charge < -0.3 is 5.32 Å². The van der Waals surface area contributed by atoms with Crippen molar-refractivity contribution >= 4 is 15.9 Å². The molecule has 0 spiro atoms. The smallest absolute Gasteiger partial charge is 0.243 e. The van der Waals surface area contributed by atoms with Crippen LogP contribution in [0.15, 0.2) is 24.3 Å². The monoisotopic (exact) mass is 369 g/mol. The quantitative estimate of drug-likeness (QED) is 0.495. The zero-order chi connectivity index (χ0) is 18.4. The molecule has 1 aliphatic heterocycles. The van der Waals surface area contributed by atoms with Crippen molar-refractivity contribution in [2.24, 2.45) is 5.92 Å². The second-order valence-electron chi connectivity index (χ2n) is 6.64. The Morgan fingerprint density at radius 3 is 2.84 bits per heavy atom. The normalized spacial score (nSPS) is 20.2. The topological polar surface area (TPSA) is 98.7 Å². The molecule has 1 aliphatic rings. The van der Waals surface area contributed by atoms with Crippen molar-refractivity contribution in [2.45, 2.75) is 32.7 Å². The third kappa shape index (κ3) is 5.24. The Morgan fingerprint density at radius 2 is 2.16 bits per heavy atom. The third-order valence-electron chi connectivity index (χ3n) is 4.63. The van der Waals surface area contributed by atoms with E-state index >= 15 is 0 Å². The van der Waals surface area contributed by atoms with Crippen LogP contribution in [0.2, 0.25) is 0 Å². The van der Waals surface area contributed by atoms with Gasteiger partial charge in [0.05, 0.1) is 11.8 Å². The molecule has 0 bridgehead atoms. The minimum atomic E-state index is -3.44. The Hall–Kier alpha value is -1.48. The Labute approximate surface area is 149 Å². The summed E-state index contributed by atoms with van der Waals surface area (Å²) in [5, 5.41) is 11.8. The van der Waals surface area contributed by atoms with Crippen molar-refractivity contribution in [2.75, 3.05) is 25.4 Å². The Balaban J connectivity index is 2.10. The number of carbonyl (C=O) groups is 1. The Bertz CT molecular complexity index is 693. The van der Waals surface area contributed by atoms with Crippen LogP contribution in [-0.4, -0.2) is 49.2 Å². The minimum Gasteiger partial charge on any atom is -0.313 e. The minimum absolute atomic E-state index is 0.00471. The van der Waals surface area contributed by atoms with E-state index in [4.69, 9.17) is 5.21 Å².